The average molecular weight is 312 g/mol. The molecule has 5 nitrogen and oxygen atoms in total. The van der Waals surface area contributed by atoms with Crippen LogP contribution in [0.4, 0.5) is 4.79 Å². The van der Waals surface area contributed by atoms with Crippen molar-refractivity contribution >= 4 is 6.03 Å². The predicted molar refractivity (Wildman–Crippen MR) is 90.8 cm³/mol. The molecule has 1 aliphatic rings. The number of urea groups is 1. The molecule has 1 aromatic carbocycles. The Labute approximate surface area is 137 Å². The van der Waals surface area contributed by atoms with Crippen LogP contribution in [-0.4, -0.2) is 28.2 Å². The molecule has 0 saturated heterocycles. The quantitative estimate of drug-likeness (QED) is 0.892. The number of rotatable bonds is 5. The lowest BCUT2D eigenvalue weighted by Gasteiger charge is -2.12. The maximum atomic E-state index is 11.8. The van der Waals surface area contributed by atoms with Crippen molar-refractivity contribution in [1.29, 1.82) is 0 Å². The highest BCUT2D eigenvalue weighted by Gasteiger charge is 2.16. The van der Waals surface area contributed by atoms with Crippen molar-refractivity contribution in [3.05, 3.63) is 48.0 Å². The van der Waals surface area contributed by atoms with Gasteiger partial charge in [-0.3, -0.25) is 0 Å². The van der Waals surface area contributed by atoms with Crippen LogP contribution in [0.1, 0.15) is 37.2 Å². The summed E-state index contributed by atoms with van der Waals surface area (Å²) in [6.07, 6.45) is 7.43. The van der Waals surface area contributed by atoms with Crippen molar-refractivity contribution < 1.29 is 4.79 Å². The average Bonchev–Trinajstić information content (AvgIpc) is 3.18. The molecule has 0 unspecified atom stereocenters. The van der Waals surface area contributed by atoms with Gasteiger partial charge in [0.25, 0.3) is 0 Å². The smallest absolute Gasteiger partial charge is 0.315 e. The molecule has 3 rings (SSSR count). The van der Waals surface area contributed by atoms with Crippen LogP contribution in [0.15, 0.2) is 36.5 Å². The van der Waals surface area contributed by atoms with E-state index in [1.165, 1.54) is 12.8 Å². The first-order valence-electron chi connectivity index (χ1n) is 8.37. The van der Waals surface area contributed by atoms with E-state index in [9.17, 15) is 4.79 Å². The van der Waals surface area contributed by atoms with Gasteiger partial charge >= 0.3 is 6.03 Å². The molecule has 23 heavy (non-hydrogen) atoms. The van der Waals surface area contributed by atoms with Gasteiger partial charge in [-0.25, -0.2) is 9.78 Å². The zero-order chi connectivity index (χ0) is 16.1. The Balaban J connectivity index is 1.50. The Morgan fingerprint density at radius 2 is 2.00 bits per heavy atom. The van der Waals surface area contributed by atoms with Gasteiger partial charge in [0.05, 0.1) is 5.69 Å². The standard InChI is InChI=1S/C18H24N4O/c1-14-20-16(13-22(14)17-9-3-2-4-10-17)11-12-19-18(23)21-15-7-5-6-8-15/h2-4,9-10,13,15H,5-8,11-12H2,1H3,(H2,19,21,23). The fourth-order valence-electron chi connectivity index (χ4n) is 3.11. The number of hydrogen-bond donors (Lipinski definition) is 2. The number of carbonyl (C=O) groups excluding carboxylic acids is 1. The molecule has 1 aliphatic carbocycles. The monoisotopic (exact) mass is 312 g/mol. The molecule has 1 saturated carbocycles. The third-order valence-electron chi connectivity index (χ3n) is 4.32. The molecule has 0 atom stereocenters. The van der Waals surface area contributed by atoms with Crippen LogP contribution in [0.5, 0.6) is 0 Å². The number of aryl methyl sites for hydroxylation is 1. The van der Waals surface area contributed by atoms with Gasteiger partial charge in [-0.15, -0.1) is 0 Å². The molecular formula is C18H24N4O. The van der Waals surface area contributed by atoms with E-state index in [-0.39, 0.29) is 6.03 Å². The molecule has 2 amide bonds. The Morgan fingerprint density at radius 1 is 1.26 bits per heavy atom. The maximum absolute atomic E-state index is 11.8. The Bertz CT molecular complexity index is 644. The fourth-order valence-corrected chi connectivity index (χ4v) is 3.11. The zero-order valence-corrected chi connectivity index (χ0v) is 13.6. The number of aromatic nitrogens is 2. The molecule has 1 aromatic heterocycles. The fraction of sp³-hybridized carbons (Fsp3) is 0.444. The molecule has 0 spiro atoms. The van der Waals surface area contributed by atoms with Crippen molar-refractivity contribution in [2.75, 3.05) is 6.54 Å². The molecule has 2 aromatic rings. The second-order valence-corrected chi connectivity index (χ2v) is 6.12. The number of para-hydroxylation sites is 1. The van der Waals surface area contributed by atoms with Gasteiger partial charge in [0.15, 0.2) is 0 Å². The number of benzene rings is 1. The molecule has 5 heteroatoms. The molecule has 0 bridgehead atoms. The van der Waals surface area contributed by atoms with Crippen LogP contribution < -0.4 is 10.6 Å². The lowest BCUT2D eigenvalue weighted by atomic mass is 10.2. The number of hydrogen-bond acceptors (Lipinski definition) is 2. The predicted octanol–water partition coefficient (Wildman–Crippen LogP) is 2.97. The van der Waals surface area contributed by atoms with E-state index in [1.807, 2.05) is 31.3 Å². The second kappa shape index (κ2) is 7.31. The van der Waals surface area contributed by atoms with E-state index in [4.69, 9.17) is 0 Å². The largest absolute Gasteiger partial charge is 0.338 e. The van der Waals surface area contributed by atoms with Gasteiger partial charge in [0.2, 0.25) is 0 Å². The Morgan fingerprint density at radius 3 is 2.74 bits per heavy atom. The van der Waals surface area contributed by atoms with Crippen molar-refractivity contribution in [1.82, 2.24) is 20.2 Å². The van der Waals surface area contributed by atoms with Crippen LogP contribution >= 0.6 is 0 Å². The van der Waals surface area contributed by atoms with Crippen molar-refractivity contribution in [3.63, 3.8) is 0 Å². The first kappa shape index (κ1) is 15.6. The highest BCUT2D eigenvalue weighted by molar-refractivity contribution is 5.74. The maximum Gasteiger partial charge on any atom is 0.315 e. The van der Waals surface area contributed by atoms with Crippen LogP contribution in [0.25, 0.3) is 5.69 Å². The molecule has 1 fully saturated rings. The highest BCUT2D eigenvalue weighted by Crippen LogP contribution is 2.17. The van der Waals surface area contributed by atoms with Crippen LogP contribution in [0.3, 0.4) is 0 Å². The van der Waals surface area contributed by atoms with E-state index in [0.717, 1.165) is 36.5 Å². The molecule has 122 valence electrons. The minimum Gasteiger partial charge on any atom is -0.338 e. The van der Waals surface area contributed by atoms with Gasteiger partial charge in [-0.05, 0) is 31.9 Å². The topological polar surface area (TPSA) is 59.0 Å². The normalized spacial score (nSPS) is 14.8. The lowest BCUT2D eigenvalue weighted by molar-refractivity contribution is 0.237. The number of nitrogens with one attached hydrogen (secondary N) is 2. The first-order chi connectivity index (χ1) is 11.2. The summed E-state index contributed by atoms with van der Waals surface area (Å²) in [5.74, 6) is 0.960. The summed E-state index contributed by atoms with van der Waals surface area (Å²) in [5.41, 5.74) is 2.10. The highest BCUT2D eigenvalue weighted by atomic mass is 16.2. The molecule has 1 heterocycles. The van der Waals surface area contributed by atoms with Gasteiger partial charge in [0.1, 0.15) is 5.82 Å². The van der Waals surface area contributed by atoms with E-state index in [0.29, 0.717) is 12.6 Å². The number of carbonyl (C=O) groups is 1. The lowest BCUT2D eigenvalue weighted by Crippen LogP contribution is -2.41. The minimum absolute atomic E-state index is 0.0592. The SMILES string of the molecule is Cc1nc(CCNC(=O)NC2CCCC2)cn1-c1ccccc1. The summed E-state index contributed by atoms with van der Waals surface area (Å²) in [6.45, 7) is 2.60. The molecule has 0 radical (unpaired) electrons. The first-order valence-corrected chi connectivity index (χ1v) is 8.37. The number of amides is 2. The van der Waals surface area contributed by atoms with Crippen LogP contribution in [0, 0.1) is 6.92 Å². The van der Waals surface area contributed by atoms with E-state index in [1.54, 1.807) is 0 Å². The summed E-state index contributed by atoms with van der Waals surface area (Å²) < 4.78 is 2.08. The number of nitrogens with zero attached hydrogens (tertiary/aromatic N) is 2. The number of imidazole rings is 1. The van der Waals surface area contributed by atoms with E-state index >= 15 is 0 Å². The molecule has 0 aliphatic heterocycles. The van der Waals surface area contributed by atoms with Gasteiger partial charge < -0.3 is 15.2 Å². The zero-order valence-electron chi connectivity index (χ0n) is 13.6. The summed E-state index contributed by atoms with van der Waals surface area (Å²) in [6, 6.07) is 10.5. The van der Waals surface area contributed by atoms with Gasteiger partial charge in [0, 0.05) is 30.9 Å². The molecule has 2 N–H and O–H groups in total. The van der Waals surface area contributed by atoms with E-state index < -0.39 is 0 Å². The van der Waals surface area contributed by atoms with Crippen LogP contribution in [0.2, 0.25) is 0 Å². The Hall–Kier alpha value is -2.30. The minimum atomic E-state index is -0.0592. The van der Waals surface area contributed by atoms with E-state index in [2.05, 4.69) is 32.3 Å². The van der Waals surface area contributed by atoms with Crippen molar-refractivity contribution in [2.24, 2.45) is 0 Å². The summed E-state index contributed by atoms with van der Waals surface area (Å²) >= 11 is 0. The van der Waals surface area contributed by atoms with Gasteiger partial charge in [-0.1, -0.05) is 31.0 Å². The Kier molecular flexibility index (Phi) is 4.95. The van der Waals surface area contributed by atoms with Crippen LogP contribution in [-0.2, 0) is 6.42 Å². The summed E-state index contributed by atoms with van der Waals surface area (Å²) in [4.78, 5) is 16.4. The van der Waals surface area contributed by atoms with Gasteiger partial charge in [-0.2, -0.15) is 0 Å². The third-order valence-corrected chi connectivity index (χ3v) is 4.32. The van der Waals surface area contributed by atoms with Crippen molar-refractivity contribution in [3.8, 4) is 5.69 Å². The third kappa shape index (κ3) is 4.12. The van der Waals surface area contributed by atoms with Crippen molar-refractivity contribution in [2.45, 2.75) is 45.1 Å². The summed E-state index contributed by atoms with van der Waals surface area (Å²) in [7, 11) is 0. The molecular weight excluding hydrogens is 288 g/mol. The summed E-state index contributed by atoms with van der Waals surface area (Å²) in [5, 5.41) is 5.96. The second-order valence-electron chi connectivity index (χ2n) is 6.12.